The predicted molar refractivity (Wildman–Crippen MR) is 118 cm³/mol. The Hall–Kier alpha value is -4.44. The van der Waals surface area contributed by atoms with Crippen LogP contribution in [0.5, 0.6) is 5.75 Å². The van der Waals surface area contributed by atoms with Gasteiger partial charge in [-0.2, -0.15) is 10.4 Å². The molecule has 0 aliphatic heterocycles. The van der Waals surface area contributed by atoms with Crippen LogP contribution in [-0.2, 0) is 11.4 Å². The molecule has 0 fully saturated rings. The first-order valence-electron chi connectivity index (χ1n) is 9.46. The van der Waals surface area contributed by atoms with E-state index in [9.17, 15) is 9.59 Å². The zero-order valence-corrected chi connectivity index (χ0v) is 16.8. The van der Waals surface area contributed by atoms with Gasteiger partial charge in [-0.25, -0.2) is 5.43 Å². The van der Waals surface area contributed by atoms with E-state index in [4.69, 9.17) is 10.00 Å². The van der Waals surface area contributed by atoms with Crippen LogP contribution in [0.3, 0.4) is 0 Å². The van der Waals surface area contributed by atoms with Gasteiger partial charge in [0.2, 0.25) is 5.91 Å². The second kappa shape index (κ2) is 10.4. The van der Waals surface area contributed by atoms with E-state index in [0.717, 1.165) is 11.1 Å². The topological polar surface area (TPSA) is 104 Å². The van der Waals surface area contributed by atoms with Crippen molar-refractivity contribution in [1.29, 1.82) is 5.26 Å². The molecule has 0 aliphatic rings. The minimum absolute atomic E-state index is 0.208. The zero-order valence-electron chi connectivity index (χ0n) is 16.8. The molecule has 0 atom stereocenters. The number of nitrogens with one attached hydrogen (secondary N) is 2. The Morgan fingerprint density at radius 3 is 2.48 bits per heavy atom. The summed E-state index contributed by atoms with van der Waals surface area (Å²) < 4.78 is 5.73. The van der Waals surface area contributed by atoms with E-state index in [1.807, 2.05) is 36.4 Å². The Morgan fingerprint density at radius 2 is 1.81 bits per heavy atom. The molecule has 0 unspecified atom stereocenters. The van der Waals surface area contributed by atoms with Gasteiger partial charge in [-0.05, 0) is 65.7 Å². The van der Waals surface area contributed by atoms with Crippen LogP contribution in [0.2, 0.25) is 0 Å². The molecule has 0 saturated carbocycles. The third-order valence-electron chi connectivity index (χ3n) is 4.19. The van der Waals surface area contributed by atoms with E-state index in [1.54, 1.807) is 36.4 Å². The molecule has 0 aromatic heterocycles. The molecule has 2 amide bonds. The van der Waals surface area contributed by atoms with Crippen molar-refractivity contribution < 1.29 is 14.3 Å². The minimum Gasteiger partial charge on any atom is -0.489 e. The molecule has 3 aromatic rings. The highest BCUT2D eigenvalue weighted by atomic mass is 16.5. The van der Waals surface area contributed by atoms with Crippen molar-refractivity contribution in [3.8, 4) is 11.8 Å². The van der Waals surface area contributed by atoms with Crippen LogP contribution >= 0.6 is 0 Å². The van der Waals surface area contributed by atoms with Crippen molar-refractivity contribution >= 4 is 23.7 Å². The third-order valence-corrected chi connectivity index (χ3v) is 4.19. The Balaban J connectivity index is 1.51. The van der Waals surface area contributed by atoms with Crippen LogP contribution in [0.15, 0.2) is 77.9 Å². The molecule has 0 aliphatic carbocycles. The number of amides is 2. The minimum atomic E-state index is -0.383. The molecule has 2 N–H and O–H groups in total. The van der Waals surface area contributed by atoms with Gasteiger partial charge in [0.25, 0.3) is 5.91 Å². The monoisotopic (exact) mass is 412 g/mol. The summed E-state index contributed by atoms with van der Waals surface area (Å²) in [5.74, 6) is 0.103. The van der Waals surface area contributed by atoms with Crippen LogP contribution in [0.4, 0.5) is 5.69 Å². The van der Waals surface area contributed by atoms with E-state index in [-0.39, 0.29) is 11.8 Å². The van der Waals surface area contributed by atoms with Crippen LogP contribution in [0.1, 0.15) is 34.0 Å². The number of carbonyl (C=O) groups is 2. The fourth-order valence-corrected chi connectivity index (χ4v) is 2.66. The molecule has 0 radical (unpaired) electrons. The van der Waals surface area contributed by atoms with Gasteiger partial charge >= 0.3 is 0 Å². The van der Waals surface area contributed by atoms with Crippen LogP contribution in [-0.4, -0.2) is 18.0 Å². The number of hydrazone groups is 1. The van der Waals surface area contributed by atoms with Crippen molar-refractivity contribution in [2.24, 2.45) is 5.10 Å². The number of nitriles is 1. The Morgan fingerprint density at radius 1 is 1.06 bits per heavy atom. The van der Waals surface area contributed by atoms with Gasteiger partial charge in [0.15, 0.2) is 0 Å². The van der Waals surface area contributed by atoms with Crippen molar-refractivity contribution in [2.45, 2.75) is 13.5 Å². The van der Waals surface area contributed by atoms with E-state index < -0.39 is 0 Å². The number of nitrogens with zero attached hydrogens (tertiary/aromatic N) is 2. The summed E-state index contributed by atoms with van der Waals surface area (Å²) in [7, 11) is 0. The first-order valence-corrected chi connectivity index (χ1v) is 9.46. The lowest BCUT2D eigenvalue weighted by Crippen LogP contribution is -2.18. The van der Waals surface area contributed by atoms with Gasteiger partial charge in [-0.1, -0.05) is 18.2 Å². The van der Waals surface area contributed by atoms with Crippen LogP contribution in [0.25, 0.3) is 0 Å². The summed E-state index contributed by atoms with van der Waals surface area (Å²) in [5.41, 5.74) is 5.76. The molecule has 7 nitrogen and oxygen atoms in total. The Kier molecular flexibility index (Phi) is 7.12. The molecule has 7 heteroatoms. The number of benzene rings is 3. The molecule has 154 valence electrons. The van der Waals surface area contributed by atoms with Gasteiger partial charge in [0.05, 0.1) is 17.8 Å². The Labute approximate surface area is 180 Å². The predicted octanol–water partition coefficient (Wildman–Crippen LogP) is 3.86. The van der Waals surface area contributed by atoms with Crippen molar-refractivity contribution in [1.82, 2.24) is 5.43 Å². The van der Waals surface area contributed by atoms with Gasteiger partial charge in [-0.3, -0.25) is 9.59 Å². The SMILES string of the molecule is CC(=O)Nc1cccc(C(=O)N/N=C\c2ccc(OCc3ccc(C#N)cc3)cc2)c1. The maximum Gasteiger partial charge on any atom is 0.271 e. The van der Waals surface area contributed by atoms with Gasteiger partial charge in [0.1, 0.15) is 12.4 Å². The standard InChI is InChI=1S/C24H20N4O3/c1-17(29)27-22-4-2-3-21(13-22)24(30)28-26-15-19-9-11-23(12-10-19)31-16-20-7-5-18(14-25)6-8-20/h2-13,15H,16H2,1H3,(H,27,29)(H,28,30)/b26-15-. The Bertz CT molecular complexity index is 1130. The van der Waals surface area contributed by atoms with E-state index in [0.29, 0.717) is 29.2 Å². The maximum absolute atomic E-state index is 12.2. The normalized spacial score (nSPS) is 10.3. The highest BCUT2D eigenvalue weighted by molar-refractivity contribution is 5.97. The second-order valence-electron chi connectivity index (χ2n) is 6.63. The second-order valence-corrected chi connectivity index (χ2v) is 6.63. The van der Waals surface area contributed by atoms with Gasteiger partial charge < -0.3 is 10.1 Å². The van der Waals surface area contributed by atoms with E-state index in [1.165, 1.54) is 13.1 Å². The van der Waals surface area contributed by atoms with E-state index >= 15 is 0 Å². The number of ether oxygens (including phenoxy) is 1. The number of anilines is 1. The molecular formula is C24H20N4O3. The highest BCUT2D eigenvalue weighted by Gasteiger charge is 2.05. The van der Waals surface area contributed by atoms with Crippen LogP contribution in [0, 0.1) is 11.3 Å². The molecule has 3 aromatic carbocycles. The first-order chi connectivity index (χ1) is 15.0. The zero-order chi connectivity index (χ0) is 22.1. The van der Waals surface area contributed by atoms with Gasteiger partial charge in [-0.15, -0.1) is 0 Å². The third kappa shape index (κ3) is 6.54. The van der Waals surface area contributed by atoms with Crippen LogP contribution < -0.4 is 15.5 Å². The van der Waals surface area contributed by atoms with Gasteiger partial charge in [0, 0.05) is 18.2 Å². The molecule has 0 spiro atoms. The fourth-order valence-electron chi connectivity index (χ4n) is 2.66. The lowest BCUT2D eigenvalue weighted by molar-refractivity contribution is -0.114. The summed E-state index contributed by atoms with van der Waals surface area (Å²) in [6.45, 7) is 1.80. The summed E-state index contributed by atoms with van der Waals surface area (Å²) >= 11 is 0. The fraction of sp³-hybridized carbons (Fsp3) is 0.0833. The average molecular weight is 412 g/mol. The molecular weight excluding hydrogens is 392 g/mol. The number of hydrogen-bond acceptors (Lipinski definition) is 5. The summed E-state index contributed by atoms with van der Waals surface area (Å²) in [6, 6.07) is 23.1. The summed E-state index contributed by atoms with van der Waals surface area (Å²) in [4.78, 5) is 23.3. The number of carbonyl (C=O) groups excluding carboxylic acids is 2. The lowest BCUT2D eigenvalue weighted by Gasteiger charge is -2.06. The largest absolute Gasteiger partial charge is 0.489 e. The summed E-state index contributed by atoms with van der Waals surface area (Å²) in [6.07, 6.45) is 1.53. The lowest BCUT2D eigenvalue weighted by atomic mass is 10.1. The average Bonchev–Trinajstić information content (AvgIpc) is 2.78. The molecule has 3 rings (SSSR count). The first kappa shape index (κ1) is 21.3. The molecule has 0 saturated heterocycles. The maximum atomic E-state index is 12.2. The molecule has 0 bridgehead atoms. The smallest absolute Gasteiger partial charge is 0.271 e. The number of hydrogen-bond donors (Lipinski definition) is 2. The van der Waals surface area contributed by atoms with E-state index in [2.05, 4.69) is 21.9 Å². The quantitative estimate of drug-likeness (QED) is 0.454. The number of rotatable bonds is 7. The van der Waals surface area contributed by atoms with Crippen molar-refractivity contribution in [3.05, 3.63) is 95.1 Å². The van der Waals surface area contributed by atoms with Crippen molar-refractivity contribution in [3.63, 3.8) is 0 Å². The molecule has 31 heavy (non-hydrogen) atoms. The summed E-state index contributed by atoms with van der Waals surface area (Å²) in [5, 5.41) is 15.4. The molecule has 0 heterocycles. The van der Waals surface area contributed by atoms with Crippen molar-refractivity contribution in [2.75, 3.05) is 5.32 Å². The highest BCUT2D eigenvalue weighted by Crippen LogP contribution is 2.14.